The molecule has 0 aliphatic carbocycles. The molecule has 0 spiro atoms. The second kappa shape index (κ2) is 7.83. The number of ether oxygens (including phenoxy) is 3. The first-order chi connectivity index (χ1) is 14.4. The minimum absolute atomic E-state index is 0.326. The van der Waals surface area contributed by atoms with Gasteiger partial charge in [0.1, 0.15) is 11.3 Å². The Labute approximate surface area is 189 Å². The highest BCUT2D eigenvalue weighted by molar-refractivity contribution is 8.00. The number of benzene rings is 1. The molecule has 1 aromatic carbocycles. The van der Waals surface area contributed by atoms with Gasteiger partial charge >= 0.3 is 13.1 Å². The molecular formula is C23H31BO6S. The average Bonchev–Trinajstić information content (AvgIpc) is 2.78. The first-order valence-electron chi connectivity index (χ1n) is 10.8. The zero-order chi connectivity index (χ0) is 22.6. The maximum atomic E-state index is 12.9. The highest BCUT2D eigenvalue weighted by Crippen LogP contribution is 2.43. The monoisotopic (exact) mass is 446 g/mol. The quantitative estimate of drug-likeness (QED) is 0.368. The fraction of sp³-hybridized carbons (Fsp3) is 0.609. The number of hydrogen-bond donors (Lipinski definition) is 0. The number of fused-ring (bicyclic) bond motifs is 1. The van der Waals surface area contributed by atoms with E-state index in [1.54, 1.807) is 25.6 Å². The van der Waals surface area contributed by atoms with E-state index >= 15 is 0 Å². The summed E-state index contributed by atoms with van der Waals surface area (Å²) >= 11 is 1.66. The van der Waals surface area contributed by atoms with E-state index in [0.29, 0.717) is 22.5 Å². The molecule has 1 unspecified atom stereocenters. The van der Waals surface area contributed by atoms with Crippen LogP contribution in [0.1, 0.15) is 64.4 Å². The second-order valence-electron chi connectivity index (χ2n) is 9.85. The van der Waals surface area contributed by atoms with Gasteiger partial charge in [0.05, 0.1) is 24.4 Å². The Balaban J connectivity index is 1.64. The molecule has 0 bridgehead atoms. The second-order valence-corrected chi connectivity index (χ2v) is 11.3. The van der Waals surface area contributed by atoms with E-state index in [2.05, 4.69) is 6.92 Å². The molecule has 3 aliphatic rings. The first-order valence-corrected chi connectivity index (χ1v) is 11.6. The lowest BCUT2D eigenvalue weighted by atomic mass is 9.88. The van der Waals surface area contributed by atoms with Crippen LogP contribution in [0.15, 0.2) is 23.0 Å². The molecule has 8 heteroatoms. The van der Waals surface area contributed by atoms with Crippen molar-refractivity contribution in [3.05, 3.63) is 29.2 Å². The summed E-state index contributed by atoms with van der Waals surface area (Å²) in [4.78, 5) is 13.8. The first kappa shape index (κ1) is 22.7. The zero-order valence-corrected chi connectivity index (χ0v) is 20.1. The number of hydrogen-bond acceptors (Lipinski definition) is 7. The molecule has 6 nitrogen and oxygen atoms in total. The molecule has 3 aliphatic heterocycles. The molecule has 0 saturated carbocycles. The summed E-state index contributed by atoms with van der Waals surface area (Å²) in [5, 5.41) is 0.326. The van der Waals surface area contributed by atoms with Gasteiger partial charge in [-0.1, -0.05) is 25.0 Å². The van der Waals surface area contributed by atoms with Gasteiger partial charge in [0.2, 0.25) is 5.79 Å². The van der Waals surface area contributed by atoms with Crippen LogP contribution in [-0.4, -0.2) is 48.5 Å². The SMILES string of the molecule is CC(Sc1ccc(/C=C/B2OC(C)(C)C(C)(C)O2)c2c1C(=O)OC(C)(C)O2)C1COC1. The third-order valence-corrected chi connectivity index (χ3v) is 7.74. The van der Waals surface area contributed by atoms with E-state index in [4.69, 9.17) is 23.5 Å². The predicted octanol–water partition coefficient (Wildman–Crippen LogP) is 4.74. The molecule has 2 saturated heterocycles. The van der Waals surface area contributed by atoms with Crippen molar-refractivity contribution in [3.63, 3.8) is 0 Å². The summed E-state index contributed by atoms with van der Waals surface area (Å²) < 4.78 is 29.1. The van der Waals surface area contributed by atoms with Crippen molar-refractivity contribution in [2.75, 3.05) is 13.2 Å². The minimum atomic E-state index is -1.03. The number of carbonyl (C=O) groups is 1. The number of rotatable bonds is 5. The molecule has 1 atom stereocenters. The van der Waals surface area contributed by atoms with Crippen LogP contribution in [0.4, 0.5) is 0 Å². The molecular weight excluding hydrogens is 415 g/mol. The van der Waals surface area contributed by atoms with Gasteiger partial charge in [0.15, 0.2) is 0 Å². The summed E-state index contributed by atoms with van der Waals surface area (Å²) in [6.07, 6.45) is 1.90. The van der Waals surface area contributed by atoms with Gasteiger partial charge in [-0.15, -0.1) is 11.8 Å². The molecule has 0 N–H and O–H groups in total. The van der Waals surface area contributed by atoms with E-state index in [-0.39, 0.29) is 5.97 Å². The number of cyclic esters (lactones) is 1. The number of carbonyl (C=O) groups excluding carboxylic acids is 1. The van der Waals surface area contributed by atoms with Gasteiger partial charge in [-0.25, -0.2) is 4.79 Å². The van der Waals surface area contributed by atoms with Crippen molar-refractivity contribution in [1.29, 1.82) is 0 Å². The van der Waals surface area contributed by atoms with Crippen LogP contribution in [0.5, 0.6) is 5.75 Å². The van der Waals surface area contributed by atoms with E-state index in [1.165, 1.54) is 0 Å². The van der Waals surface area contributed by atoms with E-state index in [9.17, 15) is 4.79 Å². The third kappa shape index (κ3) is 4.40. The molecule has 0 amide bonds. The lowest BCUT2D eigenvalue weighted by Crippen LogP contribution is -2.41. The van der Waals surface area contributed by atoms with Gasteiger partial charge in [0, 0.05) is 35.5 Å². The van der Waals surface area contributed by atoms with Crippen LogP contribution in [0.3, 0.4) is 0 Å². The normalized spacial score (nSPS) is 25.0. The Hall–Kier alpha value is -1.48. The fourth-order valence-electron chi connectivity index (χ4n) is 3.63. The van der Waals surface area contributed by atoms with Crippen LogP contribution in [0, 0.1) is 5.92 Å². The summed E-state index contributed by atoms with van der Waals surface area (Å²) in [6.45, 7) is 15.2. The predicted molar refractivity (Wildman–Crippen MR) is 121 cm³/mol. The Bertz CT molecular complexity index is 890. The fourth-order valence-corrected chi connectivity index (χ4v) is 4.82. The van der Waals surface area contributed by atoms with Crippen LogP contribution >= 0.6 is 11.8 Å². The molecule has 31 heavy (non-hydrogen) atoms. The van der Waals surface area contributed by atoms with Crippen molar-refractivity contribution in [3.8, 4) is 5.75 Å². The van der Waals surface area contributed by atoms with Gasteiger partial charge in [0.25, 0.3) is 0 Å². The van der Waals surface area contributed by atoms with Gasteiger partial charge in [-0.2, -0.15) is 0 Å². The van der Waals surface area contributed by atoms with Crippen molar-refractivity contribution < 1.29 is 28.3 Å². The Morgan fingerprint density at radius 3 is 2.29 bits per heavy atom. The maximum absolute atomic E-state index is 12.9. The lowest BCUT2D eigenvalue weighted by molar-refractivity contribution is -0.128. The minimum Gasteiger partial charge on any atom is -0.451 e. The van der Waals surface area contributed by atoms with E-state index < -0.39 is 24.1 Å². The third-order valence-electron chi connectivity index (χ3n) is 6.39. The molecule has 0 aromatic heterocycles. The molecule has 2 fully saturated rings. The Morgan fingerprint density at radius 2 is 1.71 bits per heavy atom. The molecule has 1 aromatic rings. The largest absolute Gasteiger partial charge is 0.487 e. The van der Waals surface area contributed by atoms with Crippen LogP contribution < -0.4 is 4.74 Å². The summed E-state index contributed by atoms with van der Waals surface area (Å²) in [5.41, 5.74) is 0.447. The standard InChI is InChI=1S/C23H31BO6S/c1-14(16-12-26-13-16)31-17-9-8-15(19-18(17)20(25)28-23(6,7)27-19)10-11-24-29-21(2,3)22(4,5)30-24/h8-11,14,16H,12-13H2,1-7H3/b11-10+. The van der Waals surface area contributed by atoms with Crippen molar-refractivity contribution in [1.82, 2.24) is 0 Å². The smallest absolute Gasteiger partial charge is 0.451 e. The van der Waals surface area contributed by atoms with Gasteiger partial charge < -0.3 is 23.5 Å². The summed E-state index contributed by atoms with van der Waals surface area (Å²) in [7, 11) is -0.475. The average molecular weight is 446 g/mol. The lowest BCUT2D eigenvalue weighted by Gasteiger charge is -2.35. The van der Waals surface area contributed by atoms with E-state index in [1.807, 2.05) is 51.9 Å². The molecule has 168 valence electrons. The number of esters is 1. The van der Waals surface area contributed by atoms with Crippen LogP contribution in [-0.2, 0) is 18.8 Å². The van der Waals surface area contributed by atoms with Crippen molar-refractivity contribution in [2.24, 2.45) is 5.92 Å². The topological polar surface area (TPSA) is 63.2 Å². The molecule has 3 heterocycles. The van der Waals surface area contributed by atoms with Crippen molar-refractivity contribution >= 4 is 30.9 Å². The van der Waals surface area contributed by atoms with Crippen LogP contribution in [0.2, 0.25) is 0 Å². The van der Waals surface area contributed by atoms with Crippen LogP contribution in [0.25, 0.3) is 6.08 Å². The zero-order valence-electron chi connectivity index (χ0n) is 19.3. The molecule has 0 radical (unpaired) electrons. The Morgan fingerprint density at radius 1 is 1.06 bits per heavy atom. The summed E-state index contributed by atoms with van der Waals surface area (Å²) in [6, 6.07) is 3.94. The highest BCUT2D eigenvalue weighted by Gasteiger charge is 2.50. The van der Waals surface area contributed by atoms with Gasteiger partial charge in [-0.3, -0.25) is 0 Å². The van der Waals surface area contributed by atoms with Gasteiger partial charge in [-0.05, 0) is 33.8 Å². The Kier molecular flexibility index (Phi) is 5.74. The maximum Gasteiger partial charge on any atom is 0.487 e. The van der Waals surface area contributed by atoms with E-state index in [0.717, 1.165) is 23.7 Å². The highest BCUT2D eigenvalue weighted by atomic mass is 32.2. The number of thioether (sulfide) groups is 1. The summed E-state index contributed by atoms with van der Waals surface area (Å²) in [5.74, 6) is 1.49. The molecule has 4 rings (SSSR count). The van der Waals surface area contributed by atoms with Crippen molar-refractivity contribution in [2.45, 2.75) is 75.6 Å².